The van der Waals surface area contributed by atoms with E-state index in [1.165, 1.54) is 11.7 Å². The van der Waals surface area contributed by atoms with Crippen LogP contribution in [0.15, 0.2) is 60.7 Å². The van der Waals surface area contributed by atoms with Gasteiger partial charge >= 0.3 is 56.5 Å². The van der Waals surface area contributed by atoms with Crippen LogP contribution in [0.4, 0.5) is 0 Å². The molecule has 2 unspecified atom stereocenters. The van der Waals surface area contributed by atoms with E-state index in [4.69, 9.17) is 23.3 Å². The Bertz CT molecular complexity index is 572. The molecule has 0 spiro atoms. The number of rotatable bonds is 2. The average Bonchev–Trinajstić information content (AvgIpc) is 3.58. The Morgan fingerprint density at radius 2 is 0.962 bits per heavy atom. The van der Waals surface area contributed by atoms with Gasteiger partial charge in [0.15, 0.2) is 0 Å². The van der Waals surface area contributed by atoms with Crippen LogP contribution in [0.3, 0.4) is 0 Å². The second-order valence-corrected chi connectivity index (χ2v) is 6.36. The van der Waals surface area contributed by atoms with Gasteiger partial charge in [0.1, 0.15) is 0 Å². The summed E-state index contributed by atoms with van der Waals surface area (Å²) in [5.74, 6) is 0. The van der Waals surface area contributed by atoms with Crippen LogP contribution in [0.25, 0.3) is 0 Å². The van der Waals surface area contributed by atoms with E-state index in [2.05, 4.69) is 93.9 Å². The standard InChI is InChI=1S/C14H13P.5CO.W/c1-3-7-12(8-4-1)14-11-15(14)13-9-5-2-6-10-13;5*1-2;/h1-10,14H,11H2;;;;;;. The fraction of sp³-hybridized carbons (Fsp3) is 0.105. The fourth-order valence-corrected chi connectivity index (χ4v) is 4.40. The smallest absolute Gasteiger partial charge is 0.0125 e. The second-order valence-electron chi connectivity index (χ2n) is 3.91. The molecular weight excluding hydrogens is 523 g/mol. The van der Waals surface area contributed by atoms with Crippen LogP contribution < -0.4 is 5.30 Å². The second kappa shape index (κ2) is 25.5. The minimum atomic E-state index is 0. The summed E-state index contributed by atoms with van der Waals surface area (Å²) >= 11 is 0. The van der Waals surface area contributed by atoms with Gasteiger partial charge in [-0.25, -0.2) is 0 Å². The molecule has 1 aliphatic rings. The molecule has 3 rings (SSSR count). The van der Waals surface area contributed by atoms with Gasteiger partial charge in [0, 0.05) is 26.7 Å². The van der Waals surface area contributed by atoms with Crippen LogP contribution in [0, 0.1) is 33.3 Å². The summed E-state index contributed by atoms with van der Waals surface area (Å²) in [6.07, 6.45) is 1.38. The first kappa shape index (κ1) is 32.0. The third-order valence-corrected chi connectivity index (χ3v) is 5.37. The monoisotopic (exact) mass is 536 g/mol. The van der Waals surface area contributed by atoms with E-state index >= 15 is 0 Å². The predicted octanol–water partition coefficient (Wildman–Crippen LogP) is 3.36. The fourth-order valence-electron chi connectivity index (χ4n) is 2.00. The van der Waals surface area contributed by atoms with E-state index < -0.39 is 0 Å². The molecule has 5 nitrogen and oxygen atoms in total. The Morgan fingerprint density at radius 1 is 0.615 bits per heavy atom. The Labute approximate surface area is 168 Å². The molecule has 7 heteroatoms. The van der Waals surface area contributed by atoms with Crippen LogP contribution in [0.1, 0.15) is 11.2 Å². The van der Waals surface area contributed by atoms with Crippen LogP contribution in [0.5, 0.6) is 0 Å². The molecule has 1 saturated heterocycles. The minimum absolute atomic E-state index is 0. The third-order valence-electron chi connectivity index (χ3n) is 2.88. The summed E-state index contributed by atoms with van der Waals surface area (Å²) < 4.78 is 37.5. The largest absolute Gasteiger partial charge is 0.0663 e. The Morgan fingerprint density at radius 3 is 1.35 bits per heavy atom. The quantitative estimate of drug-likeness (QED) is 0.320. The van der Waals surface area contributed by atoms with Gasteiger partial charge in [-0.15, -0.1) is 0 Å². The van der Waals surface area contributed by atoms with Crippen molar-refractivity contribution in [3.8, 4) is 0 Å². The molecule has 0 N–H and O–H groups in total. The molecule has 1 fully saturated rings. The molecule has 2 aromatic carbocycles. The molecule has 0 amide bonds. The maximum Gasteiger partial charge on any atom is 0.0125 e. The van der Waals surface area contributed by atoms with Crippen LogP contribution >= 0.6 is 7.92 Å². The first-order valence-electron chi connectivity index (χ1n) is 6.34. The maximum absolute atomic E-state index is 7.50. The van der Waals surface area contributed by atoms with Crippen molar-refractivity contribution in [3.05, 3.63) is 99.5 Å². The van der Waals surface area contributed by atoms with Gasteiger partial charge in [-0.2, -0.15) is 0 Å². The normalized spacial score (nSPS) is 14.1. The average molecular weight is 536 g/mol. The molecule has 2 atom stereocenters. The van der Waals surface area contributed by atoms with Crippen molar-refractivity contribution in [2.24, 2.45) is 0 Å². The van der Waals surface area contributed by atoms with E-state index in [1.807, 2.05) is 0 Å². The Hall–Kier alpha value is -1.74. The van der Waals surface area contributed by atoms with E-state index in [1.54, 1.807) is 5.30 Å². The summed E-state index contributed by atoms with van der Waals surface area (Å²) in [5.41, 5.74) is 2.34. The molecule has 26 heavy (non-hydrogen) atoms. The van der Waals surface area contributed by atoms with Crippen molar-refractivity contribution in [2.75, 3.05) is 6.16 Å². The van der Waals surface area contributed by atoms with Crippen LogP contribution in [-0.4, -0.2) is 6.16 Å². The SMILES string of the molecule is [C-]#[O+].[C-]#[O+].[C-]#[O+].[C-]#[O+].[C-]#[O+].[W].c1ccc(C2CP2c2ccccc2)cc1. The molecule has 0 aromatic heterocycles. The topological polar surface area (TPSA) is 99.5 Å². The number of benzene rings is 2. The molecule has 1 heterocycles. The van der Waals surface area contributed by atoms with E-state index in [0.29, 0.717) is 0 Å². The van der Waals surface area contributed by atoms with Gasteiger partial charge in [-0.05, 0) is 17.0 Å². The third kappa shape index (κ3) is 12.6. The van der Waals surface area contributed by atoms with Crippen molar-refractivity contribution < 1.29 is 44.3 Å². The van der Waals surface area contributed by atoms with Crippen LogP contribution in [-0.2, 0) is 44.3 Å². The molecule has 0 radical (unpaired) electrons. The van der Waals surface area contributed by atoms with Crippen molar-refractivity contribution in [1.29, 1.82) is 0 Å². The van der Waals surface area contributed by atoms with Gasteiger partial charge in [0.2, 0.25) is 0 Å². The molecule has 0 bridgehead atoms. The Balaban J connectivity index is -0.000000193. The number of hydrogen-bond acceptors (Lipinski definition) is 0. The summed E-state index contributed by atoms with van der Waals surface area (Å²) in [7, 11) is 0.115. The van der Waals surface area contributed by atoms with Crippen molar-refractivity contribution in [2.45, 2.75) is 5.66 Å². The van der Waals surface area contributed by atoms with Crippen LogP contribution in [0.2, 0.25) is 0 Å². The summed E-state index contributed by atoms with van der Waals surface area (Å²) in [5, 5.41) is 1.56. The molecule has 130 valence electrons. The first-order valence-corrected chi connectivity index (χ1v) is 7.93. The van der Waals surface area contributed by atoms with Gasteiger partial charge in [-0.1, -0.05) is 68.6 Å². The maximum atomic E-state index is 7.50. The van der Waals surface area contributed by atoms with Crippen molar-refractivity contribution >= 4 is 13.2 Å². The van der Waals surface area contributed by atoms with Crippen molar-refractivity contribution in [1.82, 2.24) is 0 Å². The zero-order valence-corrected chi connectivity index (χ0v) is 17.3. The summed E-state index contributed by atoms with van der Waals surface area (Å²) in [6, 6.07) is 21.8. The predicted molar refractivity (Wildman–Crippen MR) is 86.7 cm³/mol. The van der Waals surface area contributed by atoms with Gasteiger partial charge in [-0.3, -0.25) is 0 Å². The Kier molecular flexibility index (Phi) is 31.4. The van der Waals surface area contributed by atoms with E-state index in [9.17, 15) is 0 Å². The molecule has 1 aliphatic heterocycles. The molecule has 2 aromatic rings. The zero-order valence-electron chi connectivity index (χ0n) is 13.5. The molecule has 0 aliphatic carbocycles. The molecular formula is C19H13O5PW. The van der Waals surface area contributed by atoms with E-state index in [-0.39, 0.29) is 29.0 Å². The van der Waals surface area contributed by atoms with Gasteiger partial charge < -0.3 is 0 Å². The zero-order chi connectivity index (χ0) is 20.1. The number of hydrogen-bond donors (Lipinski definition) is 0. The van der Waals surface area contributed by atoms with E-state index in [0.717, 1.165) is 5.66 Å². The summed E-state index contributed by atoms with van der Waals surface area (Å²) in [4.78, 5) is 0. The summed E-state index contributed by atoms with van der Waals surface area (Å²) in [6.45, 7) is 22.5. The molecule has 0 saturated carbocycles. The van der Waals surface area contributed by atoms with Crippen molar-refractivity contribution in [3.63, 3.8) is 0 Å². The van der Waals surface area contributed by atoms with Gasteiger partial charge in [0.25, 0.3) is 0 Å². The minimum Gasteiger partial charge on any atom is -0.0663 e. The first-order chi connectivity index (χ1) is 12.4. The van der Waals surface area contributed by atoms with Gasteiger partial charge in [0.05, 0.1) is 0 Å².